The van der Waals surface area contributed by atoms with Crippen molar-refractivity contribution in [3.05, 3.63) is 42.2 Å². The Morgan fingerprint density at radius 1 is 1.29 bits per heavy atom. The molecule has 0 saturated carbocycles. The minimum atomic E-state index is 0.365. The van der Waals surface area contributed by atoms with Gasteiger partial charge >= 0.3 is 0 Å². The Balaban J connectivity index is 1.75. The number of aromatic nitrogens is 3. The summed E-state index contributed by atoms with van der Waals surface area (Å²) in [6.45, 7) is 5.35. The zero-order valence-electron chi connectivity index (χ0n) is 12.6. The van der Waals surface area contributed by atoms with Crippen molar-refractivity contribution in [2.75, 3.05) is 26.8 Å². The highest BCUT2D eigenvalue weighted by Crippen LogP contribution is 2.04. The Labute approximate surface area is 125 Å². The summed E-state index contributed by atoms with van der Waals surface area (Å²) in [5, 5.41) is 15.5. The molecule has 114 valence electrons. The van der Waals surface area contributed by atoms with Gasteiger partial charge in [-0.2, -0.15) is 15.0 Å². The second kappa shape index (κ2) is 8.51. The number of hydrogen-bond donors (Lipinski definition) is 2. The summed E-state index contributed by atoms with van der Waals surface area (Å²) in [6.07, 6.45) is 1.80. The molecule has 1 unspecified atom stereocenters. The van der Waals surface area contributed by atoms with Gasteiger partial charge in [0.1, 0.15) is 0 Å². The number of ether oxygens (including phenoxy) is 1. The summed E-state index contributed by atoms with van der Waals surface area (Å²) in [5.41, 5.74) is 1.90. The van der Waals surface area contributed by atoms with E-state index in [0.717, 1.165) is 31.1 Å². The van der Waals surface area contributed by atoms with Crippen molar-refractivity contribution in [1.82, 2.24) is 25.6 Å². The van der Waals surface area contributed by atoms with Crippen LogP contribution in [-0.2, 0) is 11.3 Å². The first-order chi connectivity index (χ1) is 10.3. The van der Waals surface area contributed by atoms with Gasteiger partial charge in [-0.05, 0) is 19.1 Å². The van der Waals surface area contributed by atoms with Crippen LogP contribution in [-0.4, -0.2) is 47.8 Å². The van der Waals surface area contributed by atoms with Gasteiger partial charge in [0.05, 0.1) is 24.2 Å². The molecule has 6 heteroatoms. The molecule has 1 aromatic carbocycles. The van der Waals surface area contributed by atoms with Gasteiger partial charge in [0.25, 0.3) is 0 Å². The summed E-state index contributed by atoms with van der Waals surface area (Å²) in [6, 6.07) is 10.3. The summed E-state index contributed by atoms with van der Waals surface area (Å²) < 4.78 is 4.99. The molecule has 0 aliphatic carbocycles. The monoisotopic (exact) mass is 289 g/mol. The molecule has 21 heavy (non-hydrogen) atoms. The highest BCUT2D eigenvalue weighted by Gasteiger charge is 2.05. The Bertz CT molecular complexity index is 514. The maximum absolute atomic E-state index is 4.99. The van der Waals surface area contributed by atoms with E-state index >= 15 is 0 Å². The zero-order chi connectivity index (χ0) is 14.9. The smallest absolute Gasteiger partial charge is 0.0969 e. The van der Waals surface area contributed by atoms with E-state index in [1.54, 1.807) is 18.1 Å². The molecule has 2 rings (SSSR count). The second-order valence-corrected chi connectivity index (χ2v) is 4.94. The summed E-state index contributed by atoms with van der Waals surface area (Å²) >= 11 is 0. The molecule has 0 spiro atoms. The maximum Gasteiger partial charge on any atom is 0.0969 e. The van der Waals surface area contributed by atoms with Crippen molar-refractivity contribution in [2.45, 2.75) is 19.5 Å². The molecule has 0 bridgehead atoms. The van der Waals surface area contributed by atoms with Crippen LogP contribution in [0.25, 0.3) is 5.69 Å². The van der Waals surface area contributed by atoms with Gasteiger partial charge in [0.2, 0.25) is 0 Å². The third kappa shape index (κ3) is 5.26. The lowest BCUT2D eigenvalue weighted by Crippen LogP contribution is -2.37. The van der Waals surface area contributed by atoms with Crippen molar-refractivity contribution >= 4 is 0 Å². The Morgan fingerprint density at radius 3 is 2.86 bits per heavy atom. The molecule has 6 nitrogen and oxygen atoms in total. The fourth-order valence-corrected chi connectivity index (χ4v) is 1.91. The van der Waals surface area contributed by atoms with E-state index in [4.69, 9.17) is 4.74 Å². The van der Waals surface area contributed by atoms with Crippen LogP contribution in [0.4, 0.5) is 0 Å². The normalized spacial score (nSPS) is 12.5. The number of nitrogens with zero attached hydrogens (tertiary/aromatic N) is 3. The van der Waals surface area contributed by atoms with Crippen LogP contribution >= 0.6 is 0 Å². The van der Waals surface area contributed by atoms with Crippen LogP contribution in [0, 0.1) is 0 Å². The molecule has 0 saturated heterocycles. The molecule has 2 aromatic rings. The molecule has 0 radical (unpaired) electrons. The number of methoxy groups -OCH3 is 1. The SMILES string of the molecule is COCCNCC(C)NCc1cnn(-c2ccccc2)n1. The predicted molar refractivity (Wildman–Crippen MR) is 82.4 cm³/mol. The van der Waals surface area contributed by atoms with Crippen LogP contribution in [0.15, 0.2) is 36.5 Å². The Hall–Kier alpha value is -1.76. The van der Waals surface area contributed by atoms with E-state index in [2.05, 4.69) is 27.8 Å². The van der Waals surface area contributed by atoms with Crippen molar-refractivity contribution in [2.24, 2.45) is 0 Å². The fourth-order valence-electron chi connectivity index (χ4n) is 1.91. The third-order valence-corrected chi connectivity index (χ3v) is 3.09. The average Bonchev–Trinajstić information content (AvgIpc) is 2.99. The minimum absolute atomic E-state index is 0.365. The molecule has 0 fully saturated rings. The molecular formula is C15H23N5O. The Kier molecular flexibility index (Phi) is 6.33. The van der Waals surface area contributed by atoms with E-state index < -0.39 is 0 Å². The lowest BCUT2D eigenvalue weighted by Gasteiger charge is -2.13. The fraction of sp³-hybridized carbons (Fsp3) is 0.467. The van der Waals surface area contributed by atoms with Gasteiger partial charge in [-0.25, -0.2) is 0 Å². The van der Waals surface area contributed by atoms with Gasteiger partial charge in [0.15, 0.2) is 0 Å². The first-order valence-electron chi connectivity index (χ1n) is 7.19. The van der Waals surface area contributed by atoms with Gasteiger partial charge in [-0.3, -0.25) is 0 Å². The van der Waals surface area contributed by atoms with Crippen molar-refractivity contribution in [1.29, 1.82) is 0 Å². The summed E-state index contributed by atoms with van der Waals surface area (Å²) in [7, 11) is 1.71. The number of nitrogens with one attached hydrogen (secondary N) is 2. The summed E-state index contributed by atoms with van der Waals surface area (Å²) in [5.74, 6) is 0. The molecular weight excluding hydrogens is 266 g/mol. The van der Waals surface area contributed by atoms with Crippen molar-refractivity contribution < 1.29 is 4.74 Å². The molecule has 0 aliphatic rings. The van der Waals surface area contributed by atoms with Crippen LogP contribution in [0.2, 0.25) is 0 Å². The van der Waals surface area contributed by atoms with Crippen LogP contribution in [0.5, 0.6) is 0 Å². The highest BCUT2D eigenvalue weighted by atomic mass is 16.5. The number of benzene rings is 1. The molecule has 0 aliphatic heterocycles. The van der Waals surface area contributed by atoms with Crippen molar-refractivity contribution in [3.63, 3.8) is 0 Å². The largest absolute Gasteiger partial charge is 0.383 e. The van der Waals surface area contributed by atoms with Gasteiger partial charge in [0, 0.05) is 32.8 Å². The highest BCUT2D eigenvalue weighted by molar-refractivity contribution is 5.28. The number of hydrogen-bond acceptors (Lipinski definition) is 5. The minimum Gasteiger partial charge on any atom is -0.383 e. The lowest BCUT2D eigenvalue weighted by molar-refractivity contribution is 0.198. The van der Waals surface area contributed by atoms with Gasteiger partial charge in [-0.15, -0.1) is 0 Å². The Morgan fingerprint density at radius 2 is 2.10 bits per heavy atom. The maximum atomic E-state index is 4.99. The lowest BCUT2D eigenvalue weighted by atomic mass is 10.3. The number of rotatable bonds is 9. The van der Waals surface area contributed by atoms with Crippen LogP contribution in [0.1, 0.15) is 12.6 Å². The van der Waals surface area contributed by atoms with Gasteiger partial charge < -0.3 is 15.4 Å². The van der Waals surface area contributed by atoms with E-state index in [1.807, 2.05) is 30.3 Å². The van der Waals surface area contributed by atoms with E-state index in [0.29, 0.717) is 12.6 Å². The topological polar surface area (TPSA) is 64.0 Å². The van der Waals surface area contributed by atoms with Gasteiger partial charge in [-0.1, -0.05) is 18.2 Å². The van der Waals surface area contributed by atoms with Crippen LogP contribution < -0.4 is 10.6 Å². The first-order valence-corrected chi connectivity index (χ1v) is 7.19. The third-order valence-electron chi connectivity index (χ3n) is 3.09. The zero-order valence-corrected chi connectivity index (χ0v) is 12.6. The average molecular weight is 289 g/mol. The molecule has 1 heterocycles. The predicted octanol–water partition coefficient (Wildman–Crippen LogP) is 0.981. The molecule has 1 aromatic heterocycles. The first kappa shape index (κ1) is 15.6. The van der Waals surface area contributed by atoms with Crippen LogP contribution in [0.3, 0.4) is 0 Å². The quantitative estimate of drug-likeness (QED) is 0.674. The number of para-hydroxylation sites is 1. The molecule has 1 atom stereocenters. The summed E-state index contributed by atoms with van der Waals surface area (Å²) in [4.78, 5) is 1.65. The van der Waals surface area contributed by atoms with E-state index in [-0.39, 0.29) is 0 Å². The molecule has 2 N–H and O–H groups in total. The van der Waals surface area contributed by atoms with E-state index in [1.165, 1.54) is 0 Å². The van der Waals surface area contributed by atoms with Crippen molar-refractivity contribution in [3.8, 4) is 5.69 Å². The molecule has 0 amide bonds. The standard InChI is InChI=1S/C15H23N5O/c1-13(10-16-8-9-21-2)17-11-14-12-18-20(19-14)15-6-4-3-5-7-15/h3-7,12-13,16-17H,8-11H2,1-2H3. The second-order valence-electron chi connectivity index (χ2n) is 4.94. The van der Waals surface area contributed by atoms with E-state index in [9.17, 15) is 0 Å².